The highest BCUT2D eigenvalue weighted by molar-refractivity contribution is 5.87. The first-order valence-electron chi connectivity index (χ1n) is 7.37. The zero-order valence-electron chi connectivity index (χ0n) is 13.6. The lowest BCUT2D eigenvalue weighted by atomic mass is 10.0. The number of methoxy groups -OCH3 is 1. The van der Waals surface area contributed by atoms with Crippen LogP contribution in [0.3, 0.4) is 0 Å². The van der Waals surface area contributed by atoms with E-state index in [1.165, 1.54) is 16.3 Å². The van der Waals surface area contributed by atoms with Crippen LogP contribution in [0.25, 0.3) is 10.8 Å². The van der Waals surface area contributed by atoms with Crippen molar-refractivity contribution in [3.8, 4) is 5.75 Å². The van der Waals surface area contributed by atoms with E-state index >= 15 is 0 Å². The molecule has 23 heavy (non-hydrogen) atoms. The minimum Gasteiger partial charge on any atom is -0.496 e. The van der Waals surface area contributed by atoms with E-state index in [4.69, 9.17) is 9.26 Å². The molecule has 1 N–H and O–H groups in total. The Labute approximate surface area is 142 Å². The summed E-state index contributed by atoms with van der Waals surface area (Å²) in [7, 11) is 1.71. The highest BCUT2D eigenvalue weighted by Crippen LogP contribution is 2.28. The van der Waals surface area contributed by atoms with Crippen LogP contribution in [0.15, 0.2) is 40.9 Å². The quantitative estimate of drug-likeness (QED) is 0.762. The van der Waals surface area contributed by atoms with Crippen molar-refractivity contribution in [1.29, 1.82) is 0 Å². The minimum absolute atomic E-state index is 0. The zero-order chi connectivity index (χ0) is 15.5. The number of halogens is 1. The molecule has 0 aliphatic carbocycles. The van der Waals surface area contributed by atoms with Crippen molar-refractivity contribution < 1.29 is 9.26 Å². The van der Waals surface area contributed by atoms with Gasteiger partial charge in [0.25, 0.3) is 0 Å². The monoisotopic (exact) mass is 332 g/mol. The number of aromatic nitrogens is 1. The molecule has 1 aromatic heterocycles. The lowest BCUT2D eigenvalue weighted by Crippen LogP contribution is -2.14. The van der Waals surface area contributed by atoms with Crippen molar-refractivity contribution in [3.05, 3.63) is 59.0 Å². The third-order valence-electron chi connectivity index (χ3n) is 4.00. The summed E-state index contributed by atoms with van der Waals surface area (Å²) in [5.41, 5.74) is 3.24. The number of aryl methyl sites for hydroxylation is 2. The van der Waals surface area contributed by atoms with E-state index in [-0.39, 0.29) is 12.4 Å². The maximum Gasteiger partial charge on any atom is 0.138 e. The van der Waals surface area contributed by atoms with Gasteiger partial charge in [0.05, 0.1) is 12.8 Å². The number of nitrogens with zero attached hydrogens (tertiary/aromatic N) is 1. The van der Waals surface area contributed by atoms with Gasteiger partial charge in [0.1, 0.15) is 11.5 Å². The molecule has 5 heteroatoms. The molecule has 0 aliphatic heterocycles. The Hall–Kier alpha value is -2.04. The van der Waals surface area contributed by atoms with Crippen molar-refractivity contribution in [2.75, 3.05) is 7.11 Å². The van der Waals surface area contributed by atoms with Gasteiger partial charge in [-0.05, 0) is 30.7 Å². The summed E-state index contributed by atoms with van der Waals surface area (Å²) in [5.74, 6) is 1.78. The predicted octanol–water partition coefficient (Wildman–Crippen LogP) is 4.16. The molecule has 0 saturated heterocycles. The molecule has 0 unspecified atom stereocenters. The smallest absolute Gasteiger partial charge is 0.138 e. The van der Waals surface area contributed by atoms with Crippen LogP contribution in [0.4, 0.5) is 0 Å². The third kappa shape index (κ3) is 3.49. The van der Waals surface area contributed by atoms with Crippen molar-refractivity contribution in [3.63, 3.8) is 0 Å². The number of rotatable bonds is 5. The average Bonchev–Trinajstić information content (AvgIpc) is 2.86. The summed E-state index contributed by atoms with van der Waals surface area (Å²) >= 11 is 0. The molecule has 3 aromatic rings. The maximum atomic E-state index is 5.52. The predicted molar refractivity (Wildman–Crippen MR) is 94.3 cm³/mol. The van der Waals surface area contributed by atoms with Crippen LogP contribution in [0.1, 0.15) is 22.6 Å². The fraction of sp³-hybridized carbons (Fsp3) is 0.278. The number of benzene rings is 2. The molecule has 0 amide bonds. The van der Waals surface area contributed by atoms with Crippen LogP contribution < -0.4 is 10.1 Å². The summed E-state index contributed by atoms with van der Waals surface area (Å²) in [5, 5.41) is 9.89. The Morgan fingerprint density at radius 2 is 1.78 bits per heavy atom. The highest BCUT2D eigenvalue weighted by atomic mass is 35.5. The first-order valence-corrected chi connectivity index (χ1v) is 7.37. The summed E-state index contributed by atoms with van der Waals surface area (Å²) in [6.45, 7) is 5.36. The zero-order valence-corrected chi connectivity index (χ0v) is 14.4. The van der Waals surface area contributed by atoms with E-state index in [0.717, 1.165) is 35.9 Å². The van der Waals surface area contributed by atoms with Crippen LogP contribution in [0, 0.1) is 13.8 Å². The molecular weight excluding hydrogens is 312 g/mol. The largest absolute Gasteiger partial charge is 0.496 e. The van der Waals surface area contributed by atoms with Crippen LogP contribution >= 0.6 is 12.4 Å². The fourth-order valence-corrected chi connectivity index (χ4v) is 2.76. The average molecular weight is 333 g/mol. The topological polar surface area (TPSA) is 47.3 Å². The van der Waals surface area contributed by atoms with Gasteiger partial charge in [-0.2, -0.15) is 0 Å². The number of fused-ring (bicyclic) bond motifs is 1. The van der Waals surface area contributed by atoms with Gasteiger partial charge in [0.2, 0.25) is 0 Å². The maximum absolute atomic E-state index is 5.52. The van der Waals surface area contributed by atoms with Gasteiger partial charge in [-0.3, -0.25) is 0 Å². The summed E-state index contributed by atoms with van der Waals surface area (Å²) in [4.78, 5) is 0. The molecule has 0 radical (unpaired) electrons. The van der Waals surface area contributed by atoms with Crippen molar-refractivity contribution in [1.82, 2.24) is 10.5 Å². The molecule has 0 bridgehead atoms. The molecule has 0 spiro atoms. The summed E-state index contributed by atoms with van der Waals surface area (Å²) in [6, 6.07) is 12.5. The normalized spacial score (nSPS) is 10.6. The molecule has 122 valence electrons. The van der Waals surface area contributed by atoms with Crippen molar-refractivity contribution in [2.24, 2.45) is 0 Å². The number of ether oxygens (including phenoxy) is 1. The van der Waals surface area contributed by atoms with E-state index in [9.17, 15) is 0 Å². The molecule has 3 rings (SSSR count). The standard InChI is InChI=1S/C18H20N2O2.ClH/c1-12-16(13(2)22-20-12)10-19-11-17-15-7-5-4-6-14(15)8-9-18(17)21-3;/h4-9,19H,10-11H2,1-3H3;1H. The molecule has 2 aromatic carbocycles. The van der Waals surface area contributed by atoms with Crippen LogP contribution in [-0.4, -0.2) is 12.3 Å². The summed E-state index contributed by atoms with van der Waals surface area (Å²) in [6.07, 6.45) is 0. The number of hydrogen-bond acceptors (Lipinski definition) is 4. The third-order valence-corrected chi connectivity index (χ3v) is 4.00. The lowest BCUT2D eigenvalue weighted by molar-refractivity contribution is 0.391. The number of nitrogens with one attached hydrogen (secondary N) is 1. The van der Waals surface area contributed by atoms with E-state index in [1.807, 2.05) is 19.9 Å². The van der Waals surface area contributed by atoms with Gasteiger partial charge in [0, 0.05) is 24.2 Å². The van der Waals surface area contributed by atoms with Gasteiger partial charge in [-0.15, -0.1) is 12.4 Å². The van der Waals surface area contributed by atoms with E-state index in [2.05, 4.69) is 40.8 Å². The Kier molecular flexibility index (Phi) is 5.64. The summed E-state index contributed by atoms with van der Waals surface area (Å²) < 4.78 is 10.7. The Morgan fingerprint density at radius 3 is 2.48 bits per heavy atom. The van der Waals surface area contributed by atoms with Gasteiger partial charge in [-0.1, -0.05) is 35.5 Å². The fourth-order valence-electron chi connectivity index (χ4n) is 2.76. The van der Waals surface area contributed by atoms with E-state index in [0.29, 0.717) is 0 Å². The Balaban J connectivity index is 0.00000192. The van der Waals surface area contributed by atoms with Crippen molar-refractivity contribution in [2.45, 2.75) is 26.9 Å². The molecular formula is C18H21ClN2O2. The van der Waals surface area contributed by atoms with Gasteiger partial charge >= 0.3 is 0 Å². The minimum atomic E-state index is 0. The molecule has 0 atom stereocenters. The van der Waals surface area contributed by atoms with Crippen LogP contribution in [-0.2, 0) is 13.1 Å². The van der Waals surface area contributed by atoms with E-state index < -0.39 is 0 Å². The molecule has 4 nitrogen and oxygen atoms in total. The van der Waals surface area contributed by atoms with Crippen molar-refractivity contribution >= 4 is 23.2 Å². The lowest BCUT2D eigenvalue weighted by Gasteiger charge is -2.13. The van der Waals surface area contributed by atoms with Gasteiger partial charge in [0.15, 0.2) is 0 Å². The second-order valence-electron chi connectivity index (χ2n) is 5.37. The number of hydrogen-bond donors (Lipinski definition) is 1. The van der Waals surface area contributed by atoms with E-state index in [1.54, 1.807) is 7.11 Å². The van der Waals surface area contributed by atoms with Gasteiger partial charge in [-0.25, -0.2) is 0 Å². The molecule has 0 aliphatic rings. The molecule has 1 heterocycles. The molecule has 0 fully saturated rings. The Morgan fingerprint density at radius 1 is 1.04 bits per heavy atom. The second-order valence-corrected chi connectivity index (χ2v) is 5.37. The highest BCUT2D eigenvalue weighted by Gasteiger charge is 2.11. The SMILES string of the molecule is COc1ccc2ccccc2c1CNCc1c(C)noc1C.Cl. The van der Waals surface area contributed by atoms with Crippen LogP contribution in [0.2, 0.25) is 0 Å². The van der Waals surface area contributed by atoms with Gasteiger partial charge < -0.3 is 14.6 Å². The Bertz CT molecular complexity index is 779. The molecule has 0 saturated carbocycles. The first-order chi connectivity index (χ1) is 10.7. The second kappa shape index (κ2) is 7.49. The van der Waals surface area contributed by atoms with Crippen LogP contribution in [0.5, 0.6) is 5.75 Å². The first kappa shape index (κ1) is 17.3.